The van der Waals surface area contributed by atoms with Crippen LogP contribution in [0.4, 0.5) is 18.0 Å². The lowest BCUT2D eigenvalue weighted by Gasteiger charge is -2.56. The van der Waals surface area contributed by atoms with E-state index in [4.69, 9.17) is 14.0 Å². The second-order valence-electron chi connectivity index (χ2n) is 10.9. The van der Waals surface area contributed by atoms with Crippen LogP contribution in [0.3, 0.4) is 0 Å². The summed E-state index contributed by atoms with van der Waals surface area (Å²) in [6.07, 6.45) is -5.44. The predicted octanol–water partition coefficient (Wildman–Crippen LogP) is 5.30. The summed E-state index contributed by atoms with van der Waals surface area (Å²) in [6.45, 7) is 8.89. The van der Waals surface area contributed by atoms with Crippen molar-refractivity contribution in [3.63, 3.8) is 0 Å². The second kappa shape index (κ2) is 10.7. The average Bonchev–Trinajstić information content (AvgIpc) is 3.36. The van der Waals surface area contributed by atoms with Gasteiger partial charge in [0.05, 0.1) is 6.61 Å². The Morgan fingerprint density at radius 1 is 1.07 bits per heavy atom. The molecule has 41 heavy (non-hydrogen) atoms. The molecule has 2 aromatic carbocycles. The number of carbonyl (C=O) groups is 2. The zero-order chi connectivity index (χ0) is 30.2. The lowest BCUT2D eigenvalue weighted by Crippen LogP contribution is -2.66. The Morgan fingerprint density at radius 2 is 1.73 bits per heavy atom. The highest BCUT2D eigenvalue weighted by Gasteiger charge is 2.58. The first-order valence-electron chi connectivity index (χ1n) is 12.7. The zero-order valence-corrected chi connectivity index (χ0v) is 23.1. The van der Waals surface area contributed by atoms with Gasteiger partial charge in [0.15, 0.2) is 0 Å². The van der Waals surface area contributed by atoms with Gasteiger partial charge in [-0.2, -0.15) is 4.98 Å². The van der Waals surface area contributed by atoms with E-state index in [9.17, 15) is 27.9 Å². The number of amides is 1. The summed E-state index contributed by atoms with van der Waals surface area (Å²) in [6, 6.07) is 11.3. The predicted molar refractivity (Wildman–Crippen MR) is 138 cm³/mol. The Morgan fingerprint density at radius 3 is 2.32 bits per heavy atom. The number of benzene rings is 2. The maximum absolute atomic E-state index is 12.8. The van der Waals surface area contributed by atoms with Gasteiger partial charge in [-0.15, -0.1) is 13.2 Å². The maximum atomic E-state index is 12.8. The van der Waals surface area contributed by atoms with Crippen LogP contribution in [-0.2, 0) is 15.1 Å². The van der Waals surface area contributed by atoms with E-state index in [1.165, 1.54) is 17.0 Å². The van der Waals surface area contributed by atoms with Crippen molar-refractivity contribution in [3.8, 4) is 17.2 Å². The first kappa shape index (κ1) is 29.8. The van der Waals surface area contributed by atoms with E-state index >= 15 is 0 Å². The Labute approximate surface area is 234 Å². The molecule has 1 amide bonds. The third-order valence-electron chi connectivity index (χ3n) is 6.52. The number of ether oxygens (including phenoxy) is 3. The smallest absolute Gasteiger partial charge is 0.460 e. The largest absolute Gasteiger partial charge is 0.573 e. The molecule has 2 heterocycles. The molecule has 1 N–H and O–H groups in total. The highest BCUT2D eigenvalue weighted by Crippen LogP contribution is 2.51. The standard InChI is InChI=1S/C28H30F3N3O7/c1-6-38-23(35)21-32-22(41-33-21)17-8-7-9-19(14-17)27(37,18-10-12-20(13-11-18)39-28(29,30)31)26(5)15-34(16-26)24(36)40-25(2,3)4/h7-14,37H,6,15-16H2,1-5H3/t27-/m0/s1. The molecule has 1 aliphatic rings. The van der Waals surface area contributed by atoms with Crippen LogP contribution < -0.4 is 4.74 Å². The number of hydrogen-bond donors (Lipinski definition) is 1. The number of carbonyl (C=O) groups excluding carboxylic acids is 2. The van der Waals surface area contributed by atoms with Crippen LogP contribution in [0, 0.1) is 5.41 Å². The molecule has 220 valence electrons. The molecule has 1 fully saturated rings. The van der Waals surface area contributed by atoms with Gasteiger partial charge in [0.1, 0.15) is 17.0 Å². The number of alkyl halides is 3. The van der Waals surface area contributed by atoms with Crippen LogP contribution in [0.5, 0.6) is 5.75 Å². The molecule has 0 unspecified atom stereocenters. The molecule has 1 aromatic heterocycles. The lowest BCUT2D eigenvalue weighted by molar-refractivity contribution is -0.274. The van der Waals surface area contributed by atoms with Crippen LogP contribution in [0.25, 0.3) is 11.5 Å². The Kier molecular flexibility index (Phi) is 7.78. The topological polar surface area (TPSA) is 124 Å². The van der Waals surface area contributed by atoms with Crippen LogP contribution in [-0.4, -0.2) is 63.9 Å². The zero-order valence-electron chi connectivity index (χ0n) is 23.1. The number of aliphatic hydroxyl groups is 1. The number of aromatic nitrogens is 2. The van der Waals surface area contributed by atoms with Crippen molar-refractivity contribution in [1.82, 2.24) is 15.0 Å². The van der Waals surface area contributed by atoms with Crippen molar-refractivity contribution < 1.29 is 46.6 Å². The molecule has 1 aliphatic heterocycles. The van der Waals surface area contributed by atoms with E-state index in [2.05, 4.69) is 14.9 Å². The molecular formula is C28H30F3N3O7. The summed E-state index contributed by atoms with van der Waals surface area (Å²) in [5.41, 5.74) is -2.58. The first-order chi connectivity index (χ1) is 19.0. The van der Waals surface area contributed by atoms with Crippen LogP contribution in [0.1, 0.15) is 56.4 Å². The fourth-order valence-corrected chi connectivity index (χ4v) is 4.74. The van der Waals surface area contributed by atoms with E-state index in [1.54, 1.807) is 58.9 Å². The normalized spacial score (nSPS) is 16.4. The molecule has 3 aromatic rings. The van der Waals surface area contributed by atoms with Gasteiger partial charge in [0, 0.05) is 24.1 Å². The fraction of sp³-hybridized carbons (Fsp3) is 0.429. The molecule has 1 atom stereocenters. The van der Waals surface area contributed by atoms with Gasteiger partial charge in [-0.3, -0.25) is 0 Å². The molecule has 0 bridgehead atoms. The van der Waals surface area contributed by atoms with Gasteiger partial charge in [-0.25, -0.2) is 9.59 Å². The second-order valence-corrected chi connectivity index (χ2v) is 10.9. The third kappa shape index (κ3) is 6.29. The Balaban J connectivity index is 1.73. The highest BCUT2D eigenvalue weighted by atomic mass is 19.4. The van der Waals surface area contributed by atoms with Crippen molar-refractivity contribution in [3.05, 3.63) is 65.5 Å². The minimum Gasteiger partial charge on any atom is -0.460 e. The quantitative estimate of drug-likeness (QED) is 0.372. The van der Waals surface area contributed by atoms with E-state index in [-0.39, 0.29) is 37.0 Å². The monoisotopic (exact) mass is 577 g/mol. The summed E-state index contributed by atoms with van der Waals surface area (Å²) in [5, 5.41) is 16.1. The number of rotatable bonds is 7. The Hall–Kier alpha value is -4.13. The number of hydrogen-bond acceptors (Lipinski definition) is 9. The molecule has 1 saturated heterocycles. The van der Waals surface area contributed by atoms with E-state index < -0.39 is 40.8 Å². The van der Waals surface area contributed by atoms with Gasteiger partial charge in [0.25, 0.3) is 11.7 Å². The minimum atomic E-state index is -4.88. The molecule has 0 saturated carbocycles. The van der Waals surface area contributed by atoms with E-state index in [0.717, 1.165) is 12.1 Å². The average molecular weight is 578 g/mol. The third-order valence-corrected chi connectivity index (χ3v) is 6.52. The molecule has 13 heteroatoms. The van der Waals surface area contributed by atoms with E-state index in [1.807, 2.05) is 0 Å². The number of esters is 1. The van der Waals surface area contributed by atoms with Gasteiger partial charge < -0.3 is 28.7 Å². The van der Waals surface area contributed by atoms with Crippen molar-refractivity contribution in [2.24, 2.45) is 5.41 Å². The van der Waals surface area contributed by atoms with Crippen molar-refractivity contribution >= 4 is 12.1 Å². The van der Waals surface area contributed by atoms with Crippen LogP contribution in [0.15, 0.2) is 53.1 Å². The van der Waals surface area contributed by atoms with Crippen molar-refractivity contribution in [1.29, 1.82) is 0 Å². The van der Waals surface area contributed by atoms with Crippen LogP contribution in [0.2, 0.25) is 0 Å². The molecule has 0 radical (unpaired) electrons. The van der Waals surface area contributed by atoms with Gasteiger partial charge >= 0.3 is 18.4 Å². The summed E-state index contributed by atoms with van der Waals surface area (Å²) in [5.74, 6) is -1.51. The number of nitrogens with zero attached hydrogens (tertiary/aromatic N) is 3. The minimum absolute atomic E-state index is 0.0136. The van der Waals surface area contributed by atoms with Crippen molar-refractivity contribution in [2.45, 2.75) is 52.2 Å². The molecule has 10 nitrogen and oxygen atoms in total. The molecule has 4 rings (SSSR count). The molecular weight excluding hydrogens is 547 g/mol. The SMILES string of the molecule is CCOC(=O)c1noc(-c2cccc([C@@](O)(c3ccc(OC(F)(F)F)cc3)C3(C)CN(C(=O)OC(C)(C)C)C3)c2)n1. The fourth-order valence-electron chi connectivity index (χ4n) is 4.74. The van der Waals surface area contributed by atoms with Gasteiger partial charge in [-0.1, -0.05) is 31.2 Å². The maximum Gasteiger partial charge on any atom is 0.573 e. The lowest BCUT2D eigenvalue weighted by atomic mass is 9.62. The van der Waals surface area contributed by atoms with Crippen molar-refractivity contribution in [2.75, 3.05) is 19.7 Å². The first-order valence-corrected chi connectivity index (χ1v) is 12.7. The summed E-state index contributed by atoms with van der Waals surface area (Å²) >= 11 is 0. The highest BCUT2D eigenvalue weighted by molar-refractivity contribution is 5.85. The summed E-state index contributed by atoms with van der Waals surface area (Å²) in [7, 11) is 0. The number of halogens is 3. The van der Waals surface area contributed by atoms with Crippen LogP contribution >= 0.6 is 0 Å². The molecule has 0 spiro atoms. The van der Waals surface area contributed by atoms with Gasteiger partial charge in [0.2, 0.25) is 0 Å². The molecule has 0 aliphatic carbocycles. The Bertz CT molecular complexity index is 1410. The van der Waals surface area contributed by atoms with Gasteiger partial charge in [-0.05, 0) is 68.2 Å². The van der Waals surface area contributed by atoms with E-state index in [0.29, 0.717) is 11.1 Å². The summed E-state index contributed by atoms with van der Waals surface area (Å²) in [4.78, 5) is 30.2. The summed E-state index contributed by atoms with van der Waals surface area (Å²) < 4.78 is 57.9. The number of likely N-dealkylation sites (tertiary alicyclic amines) is 1.